The molecule has 3 rings (SSSR count). The van der Waals surface area contributed by atoms with Crippen molar-refractivity contribution in [3.8, 4) is 5.75 Å². The van der Waals surface area contributed by atoms with E-state index in [-0.39, 0.29) is 11.9 Å². The van der Waals surface area contributed by atoms with Gasteiger partial charge in [-0.1, -0.05) is 36.4 Å². The van der Waals surface area contributed by atoms with Crippen LogP contribution in [0.4, 0.5) is 0 Å². The monoisotopic (exact) mass is 313 g/mol. The van der Waals surface area contributed by atoms with E-state index in [1.165, 1.54) is 10.5 Å². The maximum Gasteiger partial charge on any atom is 0.261 e. The summed E-state index contributed by atoms with van der Waals surface area (Å²) in [4.78, 5) is 13.6. The largest absolute Gasteiger partial charge is 0.481 e. The molecule has 0 saturated carbocycles. The smallest absolute Gasteiger partial charge is 0.261 e. The van der Waals surface area contributed by atoms with E-state index < -0.39 is 6.10 Å². The van der Waals surface area contributed by atoms with Crippen LogP contribution in [0.3, 0.4) is 0 Å². The van der Waals surface area contributed by atoms with Crippen molar-refractivity contribution >= 4 is 17.7 Å². The topological polar surface area (TPSA) is 38.3 Å². The Bertz CT molecular complexity index is 645. The van der Waals surface area contributed by atoms with Crippen molar-refractivity contribution in [2.24, 2.45) is 0 Å². The molecule has 4 heteroatoms. The number of ether oxygens (including phenoxy) is 1. The van der Waals surface area contributed by atoms with E-state index in [2.05, 4.69) is 17.4 Å². The fourth-order valence-electron chi connectivity index (χ4n) is 2.54. The number of carbonyl (C=O) groups is 1. The number of fused-ring (bicyclic) bond motifs is 1. The Morgan fingerprint density at radius 3 is 2.73 bits per heavy atom. The Morgan fingerprint density at radius 1 is 1.18 bits per heavy atom. The average molecular weight is 313 g/mol. The van der Waals surface area contributed by atoms with Crippen LogP contribution < -0.4 is 10.1 Å². The van der Waals surface area contributed by atoms with Crippen LogP contribution in [-0.4, -0.2) is 17.8 Å². The van der Waals surface area contributed by atoms with Crippen LogP contribution in [0.5, 0.6) is 5.75 Å². The van der Waals surface area contributed by atoms with E-state index in [0.29, 0.717) is 5.75 Å². The second-order valence-corrected chi connectivity index (χ2v) is 6.45. The summed E-state index contributed by atoms with van der Waals surface area (Å²) >= 11 is 1.85. The molecule has 1 amide bonds. The molecule has 0 radical (unpaired) electrons. The summed E-state index contributed by atoms with van der Waals surface area (Å²) in [6.07, 6.45) is 0.440. The van der Waals surface area contributed by atoms with E-state index in [0.717, 1.165) is 12.2 Å². The molecule has 1 heterocycles. The molecule has 1 aliphatic heterocycles. The van der Waals surface area contributed by atoms with Crippen LogP contribution in [-0.2, 0) is 4.79 Å². The molecule has 0 spiro atoms. The first-order valence-electron chi connectivity index (χ1n) is 7.48. The zero-order valence-corrected chi connectivity index (χ0v) is 13.3. The lowest BCUT2D eigenvalue weighted by atomic mass is 10.0. The van der Waals surface area contributed by atoms with Gasteiger partial charge in [0.05, 0.1) is 6.04 Å². The molecule has 0 saturated heterocycles. The summed E-state index contributed by atoms with van der Waals surface area (Å²) in [6.45, 7) is 1.78. The second-order valence-electron chi connectivity index (χ2n) is 5.31. The number of rotatable bonds is 4. The third-order valence-corrected chi connectivity index (χ3v) is 4.82. The molecule has 2 aromatic rings. The van der Waals surface area contributed by atoms with Gasteiger partial charge < -0.3 is 10.1 Å². The van der Waals surface area contributed by atoms with E-state index in [4.69, 9.17) is 4.74 Å². The van der Waals surface area contributed by atoms with Crippen molar-refractivity contribution < 1.29 is 9.53 Å². The molecule has 0 aromatic heterocycles. The summed E-state index contributed by atoms with van der Waals surface area (Å²) in [6, 6.07) is 17.8. The van der Waals surface area contributed by atoms with Gasteiger partial charge in [-0.15, -0.1) is 11.8 Å². The van der Waals surface area contributed by atoms with Crippen LogP contribution in [0.1, 0.15) is 24.9 Å². The summed E-state index contributed by atoms with van der Waals surface area (Å²) < 4.78 is 5.69. The molecule has 1 aliphatic rings. The number of amides is 1. The van der Waals surface area contributed by atoms with Crippen LogP contribution >= 0.6 is 11.8 Å². The number of para-hydroxylation sites is 1. The fraction of sp³-hybridized carbons (Fsp3) is 0.278. The zero-order chi connectivity index (χ0) is 15.4. The lowest BCUT2D eigenvalue weighted by molar-refractivity contribution is -0.128. The maximum atomic E-state index is 12.4. The third kappa shape index (κ3) is 3.45. The van der Waals surface area contributed by atoms with Crippen molar-refractivity contribution in [3.63, 3.8) is 0 Å². The molecular formula is C18H19NO2S. The highest BCUT2D eigenvalue weighted by Gasteiger charge is 2.24. The van der Waals surface area contributed by atoms with Gasteiger partial charge in [0.2, 0.25) is 0 Å². The Morgan fingerprint density at radius 2 is 1.91 bits per heavy atom. The van der Waals surface area contributed by atoms with Crippen LogP contribution in [0.2, 0.25) is 0 Å². The minimum atomic E-state index is -0.510. The lowest BCUT2D eigenvalue weighted by Gasteiger charge is -2.27. The first kappa shape index (κ1) is 15.0. The van der Waals surface area contributed by atoms with Gasteiger partial charge in [0.1, 0.15) is 5.75 Å². The summed E-state index contributed by atoms with van der Waals surface area (Å²) in [5, 5.41) is 3.12. The van der Waals surface area contributed by atoms with Gasteiger partial charge in [-0.25, -0.2) is 0 Å². The molecule has 1 N–H and O–H groups in total. The highest BCUT2D eigenvalue weighted by molar-refractivity contribution is 7.99. The van der Waals surface area contributed by atoms with Crippen LogP contribution in [0, 0.1) is 0 Å². The second kappa shape index (κ2) is 6.88. The number of thioether (sulfide) groups is 1. The van der Waals surface area contributed by atoms with Crippen LogP contribution in [0.15, 0.2) is 59.5 Å². The Kier molecular flexibility index (Phi) is 4.68. The van der Waals surface area contributed by atoms with Crippen molar-refractivity contribution in [2.45, 2.75) is 30.4 Å². The minimum Gasteiger partial charge on any atom is -0.481 e. The molecule has 0 fully saturated rings. The first-order chi connectivity index (χ1) is 10.7. The van der Waals surface area contributed by atoms with E-state index in [1.54, 1.807) is 6.92 Å². The summed E-state index contributed by atoms with van der Waals surface area (Å²) in [7, 11) is 0. The summed E-state index contributed by atoms with van der Waals surface area (Å²) in [5.41, 5.74) is 1.21. The number of carbonyl (C=O) groups excluding carboxylic acids is 1. The van der Waals surface area contributed by atoms with Gasteiger partial charge in [-0.3, -0.25) is 4.79 Å². The molecule has 0 bridgehead atoms. The molecule has 22 heavy (non-hydrogen) atoms. The Hall–Kier alpha value is -1.94. The number of nitrogens with one attached hydrogen (secondary N) is 1. The van der Waals surface area contributed by atoms with E-state index >= 15 is 0 Å². The highest BCUT2D eigenvalue weighted by Crippen LogP contribution is 2.35. The minimum absolute atomic E-state index is 0.0736. The third-order valence-electron chi connectivity index (χ3n) is 3.70. The Balaban J connectivity index is 1.65. The average Bonchev–Trinajstić information content (AvgIpc) is 2.56. The number of benzene rings is 2. The first-order valence-corrected chi connectivity index (χ1v) is 8.46. The molecular weight excluding hydrogens is 294 g/mol. The fourth-order valence-corrected chi connectivity index (χ4v) is 3.66. The van der Waals surface area contributed by atoms with Gasteiger partial charge in [-0.2, -0.15) is 0 Å². The normalized spacial score (nSPS) is 18.1. The molecule has 2 aromatic carbocycles. The van der Waals surface area contributed by atoms with Crippen molar-refractivity contribution in [2.75, 3.05) is 5.75 Å². The van der Waals surface area contributed by atoms with Gasteiger partial charge in [0.25, 0.3) is 5.91 Å². The number of hydrogen-bond donors (Lipinski definition) is 1. The predicted octanol–water partition coefficient (Wildman–Crippen LogP) is 3.81. The van der Waals surface area contributed by atoms with Crippen LogP contribution in [0.25, 0.3) is 0 Å². The van der Waals surface area contributed by atoms with Gasteiger partial charge in [0, 0.05) is 10.6 Å². The van der Waals surface area contributed by atoms with E-state index in [1.807, 2.05) is 54.2 Å². The van der Waals surface area contributed by atoms with Crippen molar-refractivity contribution in [1.82, 2.24) is 5.32 Å². The maximum absolute atomic E-state index is 12.4. The standard InChI is InChI=1S/C18H19NO2S/c1-13(21-14-7-3-2-4-8-14)18(20)19-16-11-12-22-17-10-6-5-9-15(16)17/h2-10,13,16H,11-12H2,1H3,(H,19,20)/t13-,16+/m1/s1. The number of hydrogen-bond acceptors (Lipinski definition) is 3. The Labute approximate surface area is 135 Å². The zero-order valence-electron chi connectivity index (χ0n) is 12.5. The molecule has 3 nitrogen and oxygen atoms in total. The molecule has 2 atom stereocenters. The van der Waals surface area contributed by atoms with E-state index in [9.17, 15) is 4.79 Å². The van der Waals surface area contributed by atoms with Gasteiger partial charge in [-0.05, 0) is 37.1 Å². The summed E-state index contributed by atoms with van der Waals surface area (Å²) in [5.74, 6) is 1.66. The van der Waals surface area contributed by atoms with Gasteiger partial charge in [0.15, 0.2) is 6.10 Å². The van der Waals surface area contributed by atoms with Crippen molar-refractivity contribution in [3.05, 3.63) is 60.2 Å². The van der Waals surface area contributed by atoms with Gasteiger partial charge >= 0.3 is 0 Å². The van der Waals surface area contributed by atoms with Crippen molar-refractivity contribution in [1.29, 1.82) is 0 Å². The quantitative estimate of drug-likeness (QED) is 0.933. The highest BCUT2D eigenvalue weighted by atomic mass is 32.2. The molecule has 0 aliphatic carbocycles. The molecule has 114 valence electrons. The molecule has 0 unspecified atom stereocenters. The lowest BCUT2D eigenvalue weighted by Crippen LogP contribution is -2.39. The SMILES string of the molecule is C[C@@H](Oc1ccccc1)C(=O)N[C@H]1CCSc2ccccc21. The predicted molar refractivity (Wildman–Crippen MR) is 89.2 cm³/mol.